The number of halogens is 5. The summed E-state index contributed by atoms with van der Waals surface area (Å²) in [5.41, 5.74) is -1.74. The van der Waals surface area contributed by atoms with Crippen LogP contribution in [0.25, 0.3) is 16.2 Å². The van der Waals surface area contributed by atoms with E-state index in [1.54, 1.807) is 23.6 Å². The molecule has 186 valence electrons. The van der Waals surface area contributed by atoms with Gasteiger partial charge in [-0.25, -0.2) is 13.9 Å². The molecule has 0 aliphatic heterocycles. The molecule has 1 amide bonds. The van der Waals surface area contributed by atoms with Crippen molar-refractivity contribution in [3.8, 4) is 10.6 Å². The summed E-state index contributed by atoms with van der Waals surface area (Å²) in [6.45, 7) is 0. The van der Waals surface area contributed by atoms with E-state index in [1.807, 2.05) is 0 Å². The van der Waals surface area contributed by atoms with Crippen molar-refractivity contribution < 1.29 is 27.2 Å². The minimum atomic E-state index is -4.77. The van der Waals surface area contributed by atoms with Crippen molar-refractivity contribution in [2.45, 2.75) is 6.18 Å². The molecule has 3 aromatic heterocycles. The second kappa shape index (κ2) is 9.52. The molecule has 0 aliphatic carbocycles. The Labute approximate surface area is 218 Å². The zero-order valence-corrected chi connectivity index (χ0v) is 20.8. The molecule has 37 heavy (non-hydrogen) atoms. The largest absolute Gasteiger partial charge is 0.433 e. The van der Waals surface area contributed by atoms with Gasteiger partial charge in [-0.1, -0.05) is 34.1 Å². The molecule has 1 N–H and O–H groups in total. The maximum absolute atomic E-state index is 14.2. The van der Waals surface area contributed by atoms with Crippen LogP contribution in [0, 0.1) is 5.82 Å². The fourth-order valence-corrected chi connectivity index (χ4v) is 4.68. The first-order valence-electron chi connectivity index (χ1n) is 10.5. The zero-order valence-electron chi connectivity index (χ0n) is 18.4. The van der Waals surface area contributed by atoms with E-state index in [-0.39, 0.29) is 33.8 Å². The van der Waals surface area contributed by atoms with Gasteiger partial charge in [0, 0.05) is 16.1 Å². The fraction of sp³-hybridized carbons (Fsp3) is 0.0400. The van der Waals surface area contributed by atoms with Gasteiger partial charge in [0.15, 0.2) is 22.8 Å². The zero-order chi connectivity index (χ0) is 26.3. The van der Waals surface area contributed by atoms with E-state index in [1.165, 1.54) is 41.7 Å². The van der Waals surface area contributed by atoms with Crippen LogP contribution in [0.3, 0.4) is 0 Å². The Hall–Kier alpha value is -3.90. The lowest BCUT2D eigenvalue weighted by Gasteiger charge is -2.11. The molecule has 0 saturated heterocycles. The standard InChI is InChI=1S/C25H13BrF4N4O2S/c26-13-7-8-17(15(10-13)23(35)14-4-1-2-5-16(14)27)32-24(36)19-12-22-31-18(20-6-3-9-37-20)11-21(25(28,29)30)34(22)33-19/h1-12H,(H,32,36). The Morgan fingerprint density at radius 3 is 2.46 bits per heavy atom. The van der Waals surface area contributed by atoms with Crippen molar-refractivity contribution in [3.05, 3.63) is 105 Å². The molecule has 5 aromatic rings. The summed E-state index contributed by atoms with van der Waals surface area (Å²) < 4.78 is 56.7. The Bertz CT molecular complexity index is 1670. The number of alkyl halides is 3. The van der Waals surface area contributed by atoms with Gasteiger partial charge in [0.05, 0.1) is 21.8 Å². The van der Waals surface area contributed by atoms with Crippen LogP contribution in [0.15, 0.2) is 76.6 Å². The topological polar surface area (TPSA) is 76.4 Å². The van der Waals surface area contributed by atoms with Gasteiger partial charge < -0.3 is 5.32 Å². The Kier molecular flexibility index (Phi) is 6.38. The normalized spacial score (nSPS) is 11.6. The van der Waals surface area contributed by atoms with E-state index >= 15 is 0 Å². The third kappa shape index (κ3) is 4.89. The first-order chi connectivity index (χ1) is 17.6. The van der Waals surface area contributed by atoms with E-state index < -0.39 is 29.4 Å². The summed E-state index contributed by atoms with van der Waals surface area (Å²) in [5.74, 6) is -2.30. The van der Waals surface area contributed by atoms with Crippen LogP contribution in [-0.4, -0.2) is 26.3 Å². The van der Waals surface area contributed by atoms with Crippen molar-refractivity contribution >= 4 is 50.3 Å². The summed E-state index contributed by atoms with van der Waals surface area (Å²) in [5, 5.41) is 8.04. The van der Waals surface area contributed by atoms with Gasteiger partial charge in [0.1, 0.15) is 5.82 Å². The number of anilines is 1. The summed E-state index contributed by atoms with van der Waals surface area (Å²) in [6, 6.07) is 15.1. The molecule has 0 bridgehead atoms. The second-order valence-electron chi connectivity index (χ2n) is 7.75. The third-order valence-corrected chi connectivity index (χ3v) is 6.70. The fourth-order valence-electron chi connectivity index (χ4n) is 3.63. The molecule has 6 nitrogen and oxygen atoms in total. The highest BCUT2D eigenvalue weighted by molar-refractivity contribution is 9.10. The van der Waals surface area contributed by atoms with Crippen molar-refractivity contribution in [2.24, 2.45) is 0 Å². The van der Waals surface area contributed by atoms with Crippen molar-refractivity contribution in [3.63, 3.8) is 0 Å². The van der Waals surface area contributed by atoms with E-state index in [9.17, 15) is 27.2 Å². The van der Waals surface area contributed by atoms with Crippen molar-refractivity contribution in [2.75, 3.05) is 5.32 Å². The Morgan fingerprint density at radius 1 is 0.973 bits per heavy atom. The summed E-state index contributed by atoms with van der Waals surface area (Å²) in [7, 11) is 0. The molecule has 0 aliphatic rings. The predicted molar refractivity (Wildman–Crippen MR) is 133 cm³/mol. The number of carbonyl (C=O) groups is 2. The van der Waals surface area contributed by atoms with Crippen LogP contribution in [0.1, 0.15) is 32.1 Å². The molecule has 0 fully saturated rings. The SMILES string of the molecule is O=C(Nc1ccc(Br)cc1C(=O)c1ccccc1F)c1cc2nc(-c3cccs3)cc(C(F)(F)F)n2n1. The number of nitrogens with one attached hydrogen (secondary N) is 1. The smallest absolute Gasteiger partial charge is 0.320 e. The minimum absolute atomic E-state index is 0.0225. The molecular weight excluding hydrogens is 576 g/mol. The molecule has 3 heterocycles. The predicted octanol–water partition coefficient (Wildman–Crippen LogP) is 6.86. The lowest BCUT2D eigenvalue weighted by Crippen LogP contribution is -2.17. The Morgan fingerprint density at radius 2 is 1.76 bits per heavy atom. The average Bonchev–Trinajstić information content (AvgIpc) is 3.54. The van der Waals surface area contributed by atoms with Gasteiger partial charge in [-0.05, 0) is 47.8 Å². The number of ketones is 1. The van der Waals surface area contributed by atoms with Gasteiger partial charge in [0.25, 0.3) is 5.91 Å². The van der Waals surface area contributed by atoms with Gasteiger partial charge in [0.2, 0.25) is 0 Å². The number of hydrogen-bond acceptors (Lipinski definition) is 5. The molecule has 0 saturated carbocycles. The van der Waals surface area contributed by atoms with Crippen molar-refractivity contribution in [1.82, 2.24) is 14.6 Å². The summed E-state index contributed by atoms with van der Waals surface area (Å²) in [4.78, 5) is 30.8. The number of thiophene rings is 1. The number of fused-ring (bicyclic) bond motifs is 1. The third-order valence-electron chi connectivity index (χ3n) is 5.32. The first-order valence-corrected chi connectivity index (χ1v) is 12.2. The number of aromatic nitrogens is 3. The molecule has 5 rings (SSSR count). The van der Waals surface area contributed by atoms with Crippen molar-refractivity contribution in [1.29, 1.82) is 0 Å². The number of rotatable bonds is 5. The van der Waals surface area contributed by atoms with E-state index in [0.29, 0.717) is 13.9 Å². The highest BCUT2D eigenvalue weighted by Crippen LogP contribution is 2.33. The first kappa shape index (κ1) is 24.8. The maximum Gasteiger partial charge on any atom is 0.433 e. The minimum Gasteiger partial charge on any atom is -0.320 e. The monoisotopic (exact) mass is 588 g/mol. The molecule has 0 atom stereocenters. The molecule has 0 unspecified atom stereocenters. The molecule has 0 radical (unpaired) electrons. The quantitative estimate of drug-likeness (QED) is 0.180. The van der Waals surface area contributed by atoms with Crippen LogP contribution in [0.2, 0.25) is 0 Å². The Balaban J connectivity index is 1.54. The van der Waals surface area contributed by atoms with Gasteiger partial charge in [-0.15, -0.1) is 11.3 Å². The molecule has 0 spiro atoms. The lowest BCUT2D eigenvalue weighted by atomic mass is 10.0. The number of nitrogens with zero attached hydrogens (tertiary/aromatic N) is 3. The molecule has 2 aromatic carbocycles. The highest BCUT2D eigenvalue weighted by atomic mass is 79.9. The van der Waals surface area contributed by atoms with Crippen LogP contribution < -0.4 is 5.32 Å². The van der Waals surface area contributed by atoms with E-state index in [2.05, 4.69) is 31.3 Å². The van der Waals surface area contributed by atoms with E-state index in [4.69, 9.17) is 0 Å². The maximum atomic E-state index is 14.2. The molecule has 12 heteroatoms. The van der Waals surface area contributed by atoms with Crippen LogP contribution >= 0.6 is 27.3 Å². The number of hydrogen-bond donors (Lipinski definition) is 1. The second-order valence-corrected chi connectivity index (χ2v) is 9.62. The van der Waals surface area contributed by atoms with Crippen LogP contribution in [-0.2, 0) is 6.18 Å². The molecular formula is C25H13BrF4N4O2S. The number of amides is 1. The number of carbonyl (C=O) groups excluding carboxylic acids is 2. The summed E-state index contributed by atoms with van der Waals surface area (Å²) in [6.07, 6.45) is -4.77. The van der Waals surface area contributed by atoms with Crippen LogP contribution in [0.5, 0.6) is 0 Å². The van der Waals surface area contributed by atoms with Gasteiger partial charge in [-0.2, -0.15) is 18.3 Å². The highest BCUT2D eigenvalue weighted by Gasteiger charge is 2.36. The van der Waals surface area contributed by atoms with Crippen LogP contribution in [0.4, 0.5) is 23.2 Å². The summed E-state index contributed by atoms with van der Waals surface area (Å²) >= 11 is 4.47. The lowest BCUT2D eigenvalue weighted by molar-refractivity contribution is -0.142. The van der Waals surface area contributed by atoms with Gasteiger partial charge >= 0.3 is 6.18 Å². The van der Waals surface area contributed by atoms with E-state index in [0.717, 1.165) is 18.2 Å². The number of benzene rings is 2. The van der Waals surface area contributed by atoms with Gasteiger partial charge in [-0.3, -0.25) is 9.59 Å². The average molecular weight is 589 g/mol.